The highest BCUT2D eigenvalue weighted by Crippen LogP contribution is 2.13. The van der Waals surface area contributed by atoms with Gasteiger partial charge >= 0.3 is 0 Å². The standard InChI is InChI=1S/C17H20N4O2S/c1-2-20-13-15(12-19-20)8-11-24(22,23)14-17-18-9-10-21(17)16-6-4-3-5-7-16/h3-7,9-10,12-13H,2,8,11,14H2,1H3. The lowest BCUT2D eigenvalue weighted by molar-refractivity contribution is 0.592. The second-order valence-corrected chi connectivity index (χ2v) is 7.78. The zero-order valence-electron chi connectivity index (χ0n) is 13.5. The molecule has 0 fully saturated rings. The van der Waals surface area contributed by atoms with Crippen molar-refractivity contribution in [2.45, 2.75) is 25.6 Å². The minimum atomic E-state index is -3.25. The van der Waals surface area contributed by atoms with Gasteiger partial charge in [0, 0.05) is 30.8 Å². The number of benzene rings is 1. The fraction of sp³-hybridized carbons (Fsp3) is 0.294. The van der Waals surface area contributed by atoms with E-state index in [0.29, 0.717) is 12.2 Å². The molecule has 0 spiro atoms. The molecule has 0 atom stereocenters. The van der Waals surface area contributed by atoms with Crippen molar-refractivity contribution in [1.29, 1.82) is 0 Å². The molecule has 7 heteroatoms. The summed E-state index contributed by atoms with van der Waals surface area (Å²) in [6.07, 6.45) is 7.49. The van der Waals surface area contributed by atoms with Gasteiger partial charge in [0.15, 0.2) is 9.84 Å². The average Bonchev–Trinajstić information content (AvgIpc) is 3.22. The molecular formula is C17H20N4O2S. The minimum absolute atomic E-state index is 0.0726. The molecule has 126 valence electrons. The number of hydrogen-bond donors (Lipinski definition) is 0. The van der Waals surface area contributed by atoms with Crippen LogP contribution < -0.4 is 0 Å². The molecule has 3 rings (SSSR count). The van der Waals surface area contributed by atoms with Gasteiger partial charge in [-0.1, -0.05) is 18.2 Å². The van der Waals surface area contributed by atoms with Crippen molar-refractivity contribution >= 4 is 9.84 Å². The van der Waals surface area contributed by atoms with Crippen LogP contribution in [0.3, 0.4) is 0 Å². The first-order valence-corrected chi connectivity index (χ1v) is 9.69. The van der Waals surface area contributed by atoms with Gasteiger partial charge in [-0.05, 0) is 31.0 Å². The Kier molecular flexibility index (Phi) is 4.80. The Morgan fingerprint density at radius 3 is 2.67 bits per heavy atom. The quantitative estimate of drug-likeness (QED) is 0.659. The summed E-state index contributed by atoms with van der Waals surface area (Å²) in [6.45, 7) is 2.78. The fourth-order valence-corrected chi connectivity index (χ4v) is 3.81. The number of nitrogens with zero attached hydrogens (tertiary/aromatic N) is 4. The van der Waals surface area contributed by atoms with Gasteiger partial charge in [0.1, 0.15) is 11.6 Å². The van der Waals surface area contributed by atoms with Crippen LogP contribution in [-0.2, 0) is 28.6 Å². The topological polar surface area (TPSA) is 69.8 Å². The first-order valence-electron chi connectivity index (χ1n) is 7.87. The van der Waals surface area contributed by atoms with E-state index in [9.17, 15) is 8.42 Å². The molecule has 0 saturated heterocycles. The second kappa shape index (κ2) is 7.00. The van der Waals surface area contributed by atoms with Crippen molar-refractivity contribution in [3.05, 3.63) is 66.5 Å². The fourth-order valence-electron chi connectivity index (χ4n) is 2.52. The van der Waals surface area contributed by atoms with Gasteiger partial charge in [-0.15, -0.1) is 0 Å². The monoisotopic (exact) mass is 344 g/mol. The summed E-state index contributed by atoms with van der Waals surface area (Å²) in [5.41, 5.74) is 1.84. The van der Waals surface area contributed by atoms with Gasteiger partial charge in [0.25, 0.3) is 0 Å². The predicted octanol–water partition coefficient (Wildman–Crippen LogP) is 2.25. The van der Waals surface area contributed by atoms with E-state index in [2.05, 4.69) is 10.1 Å². The first-order chi connectivity index (χ1) is 11.6. The summed E-state index contributed by atoms with van der Waals surface area (Å²) >= 11 is 0. The van der Waals surface area contributed by atoms with E-state index in [-0.39, 0.29) is 11.5 Å². The van der Waals surface area contributed by atoms with E-state index in [1.54, 1.807) is 23.3 Å². The molecule has 0 unspecified atom stereocenters. The maximum absolute atomic E-state index is 12.5. The summed E-state index contributed by atoms with van der Waals surface area (Å²) in [6, 6.07) is 9.61. The SMILES string of the molecule is CCn1cc(CCS(=O)(=O)Cc2nccn2-c2ccccc2)cn1. The molecule has 24 heavy (non-hydrogen) atoms. The molecule has 0 aliphatic heterocycles. The Balaban J connectivity index is 1.70. The van der Waals surface area contributed by atoms with Crippen LogP contribution in [-0.4, -0.2) is 33.5 Å². The van der Waals surface area contributed by atoms with Crippen LogP contribution in [0.15, 0.2) is 55.1 Å². The molecule has 0 radical (unpaired) electrons. The maximum Gasteiger partial charge on any atom is 0.157 e. The van der Waals surface area contributed by atoms with Crippen LogP contribution in [0.4, 0.5) is 0 Å². The Labute approximate surface area is 141 Å². The van der Waals surface area contributed by atoms with Crippen molar-refractivity contribution in [3.8, 4) is 5.69 Å². The minimum Gasteiger partial charge on any atom is -0.303 e. The molecule has 6 nitrogen and oxygen atoms in total. The molecule has 0 bridgehead atoms. The Bertz CT molecular complexity index is 898. The van der Waals surface area contributed by atoms with Crippen molar-refractivity contribution in [2.75, 3.05) is 5.75 Å². The number of sulfone groups is 1. The lowest BCUT2D eigenvalue weighted by atomic mass is 10.3. The number of hydrogen-bond acceptors (Lipinski definition) is 4. The molecule has 2 heterocycles. The molecule has 0 saturated carbocycles. The number of para-hydroxylation sites is 1. The van der Waals surface area contributed by atoms with E-state index < -0.39 is 9.84 Å². The van der Waals surface area contributed by atoms with Crippen LogP contribution in [0.2, 0.25) is 0 Å². The van der Waals surface area contributed by atoms with Gasteiger partial charge < -0.3 is 4.57 Å². The van der Waals surface area contributed by atoms with E-state index in [1.165, 1.54) is 0 Å². The van der Waals surface area contributed by atoms with Gasteiger partial charge in [-0.3, -0.25) is 4.68 Å². The third kappa shape index (κ3) is 3.91. The molecule has 0 aliphatic rings. The van der Waals surface area contributed by atoms with Gasteiger partial charge in [0.05, 0.1) is 11.9 Å². The molecule has 1 aromatic carbocycles. The molecule has 0 aliphatic carbocycles. The van der Waals surface area contributed by atoms with Crippen molar-refractivity contribution < 1.29 is 8.42 Å². The highest BCUT2D eigenvalue weighted by Gasteiger charge is 2.17. The summed E-state index contributed by atoms with van der Waals surface area (Å²) < 4.78 is 28.5. The van der Waals surface area contributed by atoms with Crippen molar-refractivity contribution in [2.24, 2.45) is 0 Å². The molecule has 3 aromatic rings. The molecule has 2 aromatic heterocycles. The molecule has 0 amide bonds. The normalized spacial score (nSPS) is 11.7. The van der Waals surface area contributed by atoms with Gasteiger partial charge in [-0.25, -0.2) is 13.4 Å². The van der Waals surface area contributed by atoms with Gasteiger partial charge in [-0.2, -0.15) is 5.10 Å². The number of aryl methyl sites for hydroxylation is 2. The zero-order valence-corrected chi connectivity index (χ0v) is 14.4. The number of aromatic nitrogens is 4. The Hall–Kier alpha value is -2.41. The summed E-state index contributed by atoms with van der Waals surface area (Å²) in [7, 11) is -3.25. The van der Waals surface area contributed by atoms with Crippen LogP contribution in [0, 0.1) is 0 Å². The molecule has 0 N–H and O–H groups in total. The third-order valence-electron chi connectivity index (χ3n) is 3.81. The summed E-state index contributed by atoms with van der Waals surface area (Å²) in [4.78, 5) is 4.22. The number of rotatable bonds is 7. The van der Waals surface area contributed by atoms with Crippen molar-refractivity contribution in [1.82, 2.24) is 19.3 Å². The smallest absolute Gasteiger partial charge is 0.157 e. The zero-order chi connectivity index (χ0) is 17.0. The highest BCUT2D eigenvalue weighted by molar-refractivity contribution is 7.90. The van der Waals surface area contributed by atoms with E-state index in [0.717, 1.165) is 17.8 Å². The lowest BCUT2D eigenvalue weighted by Crippen LogP contribution is -2.14. The lowest BCUT2D eigenvalue weighted by Gasteiger charge is -2.08. The van der Waals surface area contributed by atoms with E-state index in [1.807, 2.05) is 48.0 Å². The second-order valence-electron chi connectivity index (χ2n) is 5.60. The van der Waals surface area contributed by atoms with Crippen molar-refractivity contribution in [3.63, 3.8) is 0 Å². The summed E-state index contributed by atoms with van der Waals surface area (Å²) in [5.74, 6) is 0.548. The average molecular weight is 344 g/mol. The Morgan fingerprint density at radius 1 is 1.17 bits per heavy atom. The van der Waals surface area contributed by atoms with Crippen LogP contribution in [0.5, 0.6) is 0 Å². The van der Waals surface area contributed by atoms with Crippen LogP contribution >= 0.6 is 0 Å². The van der Waals surface area contributed by atoms with E-state index >= 15 is 0 Å². The largest absolute Gasteiger partial charge is 0.303 e. The maximum atomic E-state index is 12.5. The van der Waals surface area contributed by atoms with Crippen LogP contribution in [0.25, 0.3) is 5.69 Å². The summed E-state index contributed by atoms with van der Waals surface area (Å²) in [5, 5.41) is 4.17. The Morgan fingerprint density at radius 2 is 1.96 bits per heavy atom. The predicted molar refractivity (Wildman–Crippen MR) is 92.7 cm³/mol. The number of imidazole rings is 1. The van der Waals surface area contributed by atoms with Gasteiger partial charge in [0.2, 0.25) is 0 Å². The van der Waals surface area contributed by atoms with Crippen LogP contribution in [0.1, 0.15) is 18.3 Å². The first kappa shape index (κ1) is 16.4. The molecular weight excluding hydrogens is 324 g/mol. The van der Waals surface area contributed by atoms with E-state index in [4.69, 9.17) is 0 Å². The highest BCUT2D eigenvalue weighted by atomic mass is 32.2. The third-order valence-corrected chi connectivity index (χ3v) is 5.34.